The molecule has 0 aliphatic heterocycles. The van der Waals surface area contributed by atoms with Gasteiger partial charge in [0, 0.05) is 0 Å². The summed E-state index contributed by atoms with van der Waals surface area (Å²) in [7, 11) is 0. The zero-order valence-electron chi connectivity index (χ0n) is 5.84. The Balaban J connectivity index is 3.24. The number of nitrogens with zero attached hydrogens (tertiary/aromatic N) is 2. The highest BCUT2D eigenvalue weighted by Gasteiger charge is 2.06. The van der Waals surface area contributed by atoms with E-state index in [1.807, 2.05) is 6.26 Å². The molecule has 0 aromatic carbocycles. The summed E-state index contributed by atoms with van der Waals surface area (Å²) >= 11 is 4.71. The molecule has 0 aliphatic rings. The molecule has 4 N–H and O–H groups in total. The summed E-state index contributed by atoms with van der Waals surface area (Å²) in [6.45, 7) is 0. The third-order valence-corrected chi connectivity index (χ3v) is 2.78. The van der Waals surface area contributed by atoms with Gasteiger partial charge >= 0.3 is 0 Å². The van der Waals surface area contributed by atoms with Crippen molar-refractivity contribution in [2.75, 3.05) is 17.7 Å². The summed E-state index contributed by atoms with van der Waals surface area (Å²) in [4.78, 5) is 7.72. The van der Waals surface area contributed by atoms with Crippen molar-refractivity contribution in [3.63, 3.8) is 0 Å². The van der Waals surface area contributed by atoms with E-state index in [1.54, 1.807) is 0 Å². The minimum Gasteiger partial charge on any atom is -0.383 e. The molecule has 1 aromatic heterocycles. The van der Waals surface area contributed by atoms with Crippen molar-refractivity contribution in [2.24, 2.45) is 0 Å². The third kappa shape index (κ3) is 1.75. The topological polar surface area (TPSA) is 77.8 Å². The summed E-state index contributed by atoms with van der Waals surface area (Å²) < 4.78 is 0.708. The number of hydrogen-bond acceptors (Lipinski definition) is 5. The average Bonchev–Trinajstić information content (AvgIpc) is 1.96. The van der Waals surface area contributed by atoms with Gasteiger partial charge in [0.15, 0.2) is 0 Å². The second-order valence-corrected chi connectivity index (χ2v) is 3.38. The third-order valence-electron chi connectivity index (χ3n) is 1.06. The van der Waals surface area contributed by atoms with Gasteiger partial charge in [-0.05, 0) is 22.2 Å². The molecule has 60 valence electrons. The highest BCUT2D eigenvalue weighted by Crippen LogP contribution is 2.27. The molecule has 0 spiro atoms. The van der Waals surface area contributed by atoms with Crippen molar-refractivity contribution in [3.05, 3.63) is 4.47 Å². The van der Waals surface area contributed by atoms with Crippen molar-refractivity contribution >= 4 is 39.5 Å². The fourth-order valence-electron chi connectivity index (χ4n) is 0.595. The summed E-state index contributed by atoms with van der Waals surface area (Å²) in [6, 6.07) is 0. The van der Waals surface area contributed by atoms with Crippen LogP contribution in [0, 0.1) is 0 Å². The van der Waals surface area contributed by atoms with Crippen molar-refractivity contribution in [3.8, 4) is 0 Å². The lowest BCUT2D eigenvalue weighted by Crippen LogP contribution is -2.01. The second kappa shape index (κ2) is 3.27. The maximum absolute atomic E-state index is 5.51. The molecule has 0 saturated carbocycles. The average molecular weight is 235 g/mol. The van der Waals surface area contributed by atoms with Gasteiger partial charge in [0.2, 0.25) is 5.95 Å². The first-order valence-corrected chi connectivity index (χ1v) is 4.79. The van der Waals surface area contributed by atoms with Crippen LogP contribution in [-0.2, 0) is 0 Å². The fraction of sp³-hybridized carbons (Fsp3) is 0.200. The van der Waals surface area contributed by atoms with Crippen molar-refractivity contribution in [1.29, 1.82) is 0 Å². The Labute approximate surface area is 76.9 Å². The number of thioether (sulfide) groups is 1. The van der Waals surface area contributed by atoms with Gasteiger partial charge in [-0.1, -0.05) is 0 Å². The fourth-order valence-corrected chi connectivity index (χ4v) is 1.73. The Morgan fingerprint density at radius 3 is 2.55 bits per heavy atom. The molecule has 4 nitrogen and oxygen atoms in total. The van der Waals surface area contributed by atoms with Gasteiger partial charge in [-0.15, -0.1) is 11.8 Å². The highest BCUT2D eigenvalue weighted by atomic mass is 79.9. The number of rotatable bonds is 1. The van der Waals surface area contributed by atoms with E-state index in [9.17, 15) is 0 Å². The van der Waals surface area contributed by atoms with Gasteiger partial charge in [-0.3, -0.25) is 0 Å². The van der Waals surface area contributed by atoms with Crippen LogP contribution in [0.3, 0.4) is 0 Å². The summed E-state index contributed by atoms with van der Waals surface area (Å²) in [5.74, 6) is 0.580. The number of hydrogen-bond donors (Lipinski definition) is 2. The van der Waals surface area contributed by atoms with Crippen molar-refractivity contribution in [1.82, 2.24) is 9.97 Å². The van der Waals surface area contributed by atoms with Crippen LogP contribution in [-0.4, -0.2) is 16.2 Å². The smallest absolute Gasteiger partial charge is 0.223 e. The van der Waals surface area contributed by atoms with E-state index in [4.69, 9.17) is 11.5 Å². The molecule has 1 heterocycles. The number of halogens is 1. The van der Waals surface area contributed by atoms with Crippen LogP contribution in [0.25, 0.3) is 0 Å². The zero-order valence-corrected chi connectivity index (χ0v) is 8.24. The highest BCUT2D eigenvalue weighted by molar-refractivity contribution is 9.10. The Kier molecular flexibility index (Phi) is 2.56. The normalized spacial score (nSPS) is 10.0. The van der Waals surface area contributed by atoms with Crippen LogP contribution in [0.2, 0.25) is 0 Å². The molecule has 0 fully saturated rings. The Bertz CT molecular complexity index is 277. The standard InChI is InChI=1S/C5H7BrN4S/c1-11-4-2(6)3(7)9-5(8)10-4/h1H3,(H4,7,8,9,10). The molecule has 0 saturated heterocycles. The summed E-state index contributed by atoms with van der Waals surface area (Å²) in [5, 5.41) is 0.759. The second-order valence-electron chi connectivity index (χ2n) is 1.79. The van der Waals surface area contributed by atoms with E-state index in [2.05, 4.69) is 25.9 Å². The molecule has 1 aromatic rings. The number of nitrogen functional groups attached to an aromatic ring is 2. The van der Waals surface area contributed by atoms with E-state index < -0.39 is 0 Å². The number of anilines is 2. The van der Waals surface area contributed by atoms with E-state index in [0.717, 1.165) is 5.03 Å². The van der Waals surface area contributed by atoms with E-state index in [0.29, 0.717) is 10.3 Å². The van der Waals surface area contributed by atoms with Crippen molar-refractivity contribution in [2.45, 2.75) is 5.03 Å². The summed E-state index contributed by atoms with van der Waals surface area (Å²) in [6.07, 6.45) is 1.89. The van der Waals surface area contributed by atoms with Crippen LogP contribution >= 0.6 is 27.7 Å². The Morgan fingerprint density at radius 1 is 1.36 bits per heavy atom. The predicted octanol–water partition coefficient (Wildman–Crippen LogP) is 1.13. The molecule has 0 aliphatic carbocycles. The van der Waals surface area contributed by atoms with E-state index >= 15 is 0 Å². The zero-order chi connectivity index (χ0) is 8.43. The van der Waals surface area contributed by atoms with Gasteiger partial charge in [-0.2, -0.15) is 4.98 Å². The number of nitrogens with two attached hydrogens (primary N) is 2. The molecule has 6 heteroatoms. The molecule has 0 atom stereocenters. The molecule has 1 rings (SSSR count). The first-order chi connectivity index (χ1) is 5.15. The Morgan fingerprint density at radius 2 is 2.00 bits per heavy atom. The van der Waals surface area contributed by atoms with Gasteiger partial charge in [-0.25, -0.2) is 4.98 Å². The first kappa shape index (κ1) is 8.61. The van der Waals surface area contributed by atoms with E-state index in [-0.39, 0.29) is 5.95 Å². The number of aromatic nitrogens is 2. The lowest BCUT2D eigenvalue weighted by atomic mass is 10.6. The maximum atomic E-state index is 5.51. The lowest BCUT2D eigenvalue weighted by molar-refractivity contribution is 1.05. The quantitative estimate of drug-likeness (QED) is 0.563. The van der Waals surface area contributed by atoms with Crippen molar-refractivity contribution < 1.29 is 0 Å². The Hall–Kier alpha value is -0.490. The van der Waals surface area contributed by atoms with Crippen LogP contribution in [0.5, 0.6) is 0 Å². The molecule has 0 unspecified atom stereocenters. The van der Waals surface area contributed by atoms with Gasteiger partial charge in [0.25, 0.3) is 0 Å². The minimum atomic E-state index is 0.204. The molecule has 0 bridgehead atoms. The van der Waals surface area contributed by atoms with E-state index in [1.165, 1.54) is 11.8 Å². The molecular weight excluding hydrogens is 228 g/mol. The van der Waals surface area contributed by atoms with Crippen LogP contribution in [0.4, 0.5) is 11.8 Å². The van der Waals surface area contributed by atoms with Gasteiger partial charge < -0.3 is 11.5 Å². The molecule has 0 radical (unpaired) electrons. The lowest BCUT2D eigenvalue weighted by Gasteiger charge is -2.02. The van der Waals surface area contributed by atoms with Crippen LogP contribution in [0.1, 0.15) is 0 Å². The summed E-state index contributed by atoms with van der Waals surface area (Å²) in [5.41, 5.74) is 10.9. The maximum Gasteiger partial charge on any atom is 0.223 e. The molecule has 0 amide bonds. The predicted molar refractivity (Wildman–Crippen MR) is 50.3 cm³/mol. The SMILES string of the molecule is CSc1nc(N)nc(N)c1Br. The largest absolute Gasteiger partial charge is 0.383 e. The van der Waals surface area contributed by atoms with Gasteiger partial charge in [0.1, 0.15) is 10.8 Å². The van der Waals surface area contributed by atoms with Crippen LogP contribution in [0.15, 0.2) is 9.50 Å². The van der Waals surface area contributed by atoms with Crippen LogP contribution < -0.4 is 11.5 Å². The first-order valence-electron chi connectivity index (χ1n) is 2.77. The molecule has 11 heavy (non-hydrogen) atoms. The molecular formula is C5H7BrN4S. The minimum absolute atomic E-state index is 0.204. The van der Waals surface area contributed by atoms with Gasteiger partial charge in [0.05, 0.1) is 4.47 Å². The monoisotopic (exact) mass is 234 g/mol.